The summed E-state index contributed by atoms with van der Waals surface area (Å²) in [6.07, 6.45) is 4.60. The van der Waals surface area contributed by atoms with Crippen LogP contribution in [0, 0.1) is 0 Å². The van der Waals surface area contributed by atoms with Gasteiger partial charge in [0.2, 0.25) is 5.76 Å². The first-order chi connectivity index (χ1) is 15.7. The number of hydrogen-bond donors (Lipinski definition) is 0. The van der Waals surface area contributed by atoms with Gasteiger partial charge in [-0.05, 0) is 36.2 Å². The summed E-state index contributed by atoms with van der Waals surface area (Å²) < 4.78 is 17.0. The molecule has 0 bridgehead atoms. The molecule has 1 atom stereocenters. The fourth-order valence-corrected chi connectivity index (χ4v) is 4.20. The highest BCUT2D eigenvalue weighted by Crippen LogP contribution is 2.38. The Hall–Kier alpha value is -3.12. The van der Waals surface area contributed by atoms with E-state index in [0.29, 0.717) is 36.3 Å². The summed E-state index contributed by atoms with van der Waals surface area (Å²) >= 11 is 0. The Balaban J connectivity index is 1.66. The molecule has 4 rings (SSSR count). The van der Waals surface area contributed by atoms with Crippen molar-refractivity contribution in [2.75, 3.05) is 26.9 Å². The highest BCUT2D eigenvalue weighted by molar-refractivity contribution is 5.99. The molecule has 0 radical (unpaired) electrons. The third-order valence-electron chi connectivity index (χ3n) is 5.87. The lowest BCUT2D eigenvalue weighted by Gasteiger charge is -2.25. The Bertz CT molecular complexity index is 1140. The number of para-hydroxylation sites is 1. The van der Waals surface area contributed by atoms with Crippen LogP contribution in [0.1, 0.15) is 60.3 Å². The van der Waals surface area contributed by atoms with E-state index in [1.807, 2.05) is 24.3 Å². The lowest BCUT2D eigenvalue weighted by molar-refractivity contribution is 0.0663. The largest absolute Gasteiger partial charge is 0.494 e. The molecule has 1 aliphatic heterocycles. The van der Waals surface area contributed by atoms with E-state index in [4.69, 9.17) is 13.9 Å². The lowest BCUT2D eigenvalue weighted by atomic mass is 9.98. The van der Waals surface area contributed by atoms with E-state index in [9.17, 15) is 9.59 Å². The number of benzene rings is 2. The van der Waals surface area contributed by atoms with Gasteiger partial charge in [-0.3, -0.25) is 9.59 Å². The van der Waals surface area contributed by atoms with Crippen LogP contribution in [-0.4, -0.2) is 37.7 Å². The van der Waals surface area contributed by atoms with Crippen molar-refractivity contribution in [2.24, 2.45) is 0 Å². The molecule has 1 aliphatic rings. The molecule has 6 nitrogen and oxygen atoms in total. The fraction of sp³-hybridized carbons (Fsp3) is 0.385. The molecule has 0 fully saturated rings. The predicted molar refractivity (Wildman–Crippen MR) is 123 cm³/mol. The summed E-state index contributed by atoms with van der Waals surface area (Å²) in [5, 5.41) is 0.477. The van der Waals surface area contributed by atoms with Crippen molar-refractivity contribution in [3.8, 4) is 5.75 Å². The zero-order chi connectivity index (χ0) is 22.5. The number of methoxy groups -OCH3 is 1. The maximum absolute atomic E-state index is 13.4. The highest BCUT2D eigenvalue weighted by Gasteiger charge is 2.42. The molecular formula is C26H29NO5. The van der Waals surface area contributed by atoms with Gasteiger partial charge in [-0.15, -0.1) is 0 Å². The van der Waals surface area contributed by atoms with Crippen molar-refractivity contribution in [1.82, 2.24) is 4.90 Å². The van der Waals surface area contributed by atoms with Gasteiger partial charge in [-0.2, -0.15) is 0 Å². The number of ether oxygens (including phenoxy) is 2. The average Bonchev–Trinajstić information content (AvgIpc) is 3.10. The van der Waals surface area contributed by atoms with Crippen molar-refractivity contribution < 1.29 is 18.7 Å². The van der Waals surface area contributed by atoms with Gasteiger partial charge in [-0.25, -0.2) is 0 Å². The molecule has 0 N–H and O–H groups in total. The predicted octanol–water partition coefficient (Wildman–Crippen LogP) is 4.94. The van der Waals surface area contributed by atoms with Crippen molar-refractivity contribution in [3.63, 3.8) is 0 Å². The fourth-order valence-electron chi connectivity index (χ4n) is 4.20. The van der Waals surface area contributed by atoms with Crippen molar-refractivity contribution in [3.05, 3.63) is 75.6 Å². The summed E-state index contributed by atoms with van der Waals surface area (Å²) in [6, 6.07) is 14.1. The number of amides is 1. The Kier molecular flexibility index (Phi) is 6.90. The topological polar surface area (TPSA) is 69.0 Å². The van der Waals surface area contributed by atoms with E-state index in [2.05, 4.69) is 6.92 Å². The molecule has 0 spiro atoms. The number of carbonyl (C=O) groups is 1. The first-order valence-electron chi connectivity index (χ1n) is 11.2. The van der Waals surface area contributed by atoms with E-state index < -0.39 is 6.04 Å². The second kappa shape index (κ2) is 10.0. The Labute approximate surface area is 187 Å². The Morgan fingerprint density at radius 3 is 2.50 bits per heavy atom. The van der Waals surface area contributed by atoms with Gasteiger partial charge in [0.05, 0.1) is 30.2 Å². The summed E-state index contributed by atoms with van der Waals surface area (Å²) in [5.74, 6) is 0.607. The van der Waals surface area contributed by atoms with E-state index in [-0.39, 0.29) is 17.1 Å². The van der Waals surface area contributed by atoms with E-state index in [1.165, 1.54) is 12.8 Å². The average molecular weight is 436 g/mol. The maximum Gasteiger partial charge on any atom is 0.290 e. The van der Waals surface area contributed by atoms with Gasteiger partial charge in [0, 0.05) is 13.7 Å². The van der Waals surface area contributed by atoms with E-state index in [0.717, 1.165) is 24.2 Å². The third kappa shape index (κ3) is 4.28. The van der Waals surface area contributed by atoms with Gasteiger partial charge in [0.25, 0.3) is 5.91 Å². The minimum Gasteiger partial charge on any atom is -0.494 e. The normalized spacial score (nSPS) is 15.4. The minimum absolute atomic E-state index is 0.117. The number of fused-ring (bicyclic) bond motifs is 2. The van der Waals surface area contributed by atoms with Crippen LogP contribution in [0.2, 0.25) is 0 Å². The SMILES string of the molecule is CCCCCCOc1ccc([C@H]2c3c(oc4ccccc4c3=O)C(=O)N2CCOC)cc1. The molecule has 6 heteroatoms. The Morgan fingerprint density at radius 1 is 0.969 bits per heavy atom. The van der Waals surface area contributed by atoms with Crippen molar-refractivity contribution in [2.45, 2.75) is 38.6 Å². The first-order valence-corrected chi connectivity index (χ1v) is 11.2. The summed E-state index contributed by atoms with van der Waals surface area (Å²) in [5.41, 5.74) is 1.48. The number of carbonyl (C=O) groups excluding carboxylic acids is 1. The molecule has 32 heavy (non-hydrogen) atoms. The van der Waals surface area contributed by atoms with Gasteiger partial charge >= 0.3 is 0 Å². The quantitative estimate of drug-likeness (QED) is 0.422. The number of rotatable bonds is 10. The molecular weight excluding hydrogens is 406 g/mol. The maximum atomic E-state index is 13.4. The molecule has 168 valence electrons. The molecule has 0 aliphatic carbocycles. The van der Waals surface area contributed by atoms with Gasteiger partial charge < -0.3 is 18.8 Å². The van der Waals surface area contributed by atoms with E-state index >= 15 is 0 Å². The second-order valence-electron chi connectivity index (χ2n) is 8.04. The third-order valence-corrected chi connectivity index (χ3v) is 5.87. The highest BCUT2D eigenvalue weighted by atomic mass is 16.5. The lowest BCUT2D eigenvalue weighted by Crippen LogP contribution is -2.32. The van der Waals surface area contributed by atoms with Crippen LogP contribution in [0.25, 0.3) is 11.0 Å². The Morgan fingerprint density at radius 2 is 1.75 bits per heavy atom. The van der Waals surface area contributed by atoms with E-state index in [1.54, 1.807) is 36.3 Å². The van der Waals surface area contributed by atoms with Crippen LogP contribution in [0.5, 0.6) is 5.75 Å². The van der Waals surface area contributed by atoms with Crippen molar-refractivity contribution >= 4 is 16.9 Å². The zero-order valence-electron chi connectivity index (χ0n) is 18.6. The molecule has 1 amide bonds. The summed E-state index contributed by atoms with van der Waals surface area (Å²) in [7, 11) is 1.59. The van der Waals surface area contributed by atoms with Gasteiger partial charge in [0.1, 0.15) is 11.3 Å². The zero-order valence-corrected chi connectivity index (χ0v) is 18.6. The monoisotopic (exact) mass is 435 g/mol. The molecule has 3 aromatic rings. The molecule has 0 unspecified atom stereocenters. The first kappa shape index (κ1) is 22.1. The second-order valence-corrected chi connectivity index (χ2v) is 8.04. The number of nitrogens with zero attached hydrogens (tertiary/aromatic N) is 1. The molecule has 1 aromatic heterocycles. The summed E-state index contributed by atoms with van der Waals surface area (Å²) in [4.78, 5) is 28.2. The van der Waals surface area contributed by atoms with Crippen LogP contribution in [0.4, 0.5) is 0 Å². The molecule has 0 saturated carbocycles. The van der Waals surface area contributed by atoms with Crippen LogP contribution < -0.4 is 10.2 Å². The summed E-state index contributed by atoms with van der Waals surface area (Å²) in [6.45, 7) is 3.59. The van der Waals surface area contributed by atoms with Crippen LogP contribution in [-0.2, 0) is 4.74 Å². The van der Waals surface area contributed by atoms with Crippen LogP contribution in [0.15, 0.2) is 57.7 Å². The smallest absolute Gasteiger partial charge is 0.290 e. The molecule has 2 heterocycles. The van der Waals surface area contributed by atoms with Gasteiger partial charge in [-0.1, -0.05) is 50.5 Å². The van der Waals surface area contributed by atoms with Crippen LogP contribution in [0.3, 0.4) is 0 Å². The molecule has 0 saturated heterocycles. The van der Waals surface area contributed by atoms with Crippen LogP contribution >= 0.6 is 0 Å². The minimum atomic E-state index is -0.521. The molecule has 2 aromatic carbocycles. The standard InChI is InChI=1S/C26H29NO5/c1-3-4-5-8-16-31-19-13-11-18(12-14-19)23-22-24(28)20-9-6-7-10-21(20)32-25(22)26(29)27(23)15-17-30-2/h6-7,9-14,23H,3-5,8,15-17H2,1-2H3/t23-/m0/s1. The number of hydrogen-bond acceptors (Lipinski definition) is 5. The number of unbranched alkanes of at least 4 members (excludes halogenated alkanes) is 3. The van der Waals surface area contributed by atoms with Gasteiger partial charge in [0.15, 0.2) is 5.43 Å². The van der Waals surface area contributed by atoms with Crippen molar-refractivity contribution in [1.29, 1.82) is 0 Å².